The van der Waals surface area contributed by atoms with Crippen LogP contribution >= 0.6 is 0 Å². The summed E-state index contributed by atoms with van der Waals surface area (Å²) in [6.07, 6.45) is 1.02. The van der Waals surface area contributed by atoms with E-state index in [1.807, 2.05) is 13.0 Å². The van der Waals surface area contributed by atoms with E-state index in [0.717, 1.165) is 11.8 Å². The summed E-state index contributed by atoms with van der Waals surface area (Å²) in [7, 11) is -3.31. The molecular formula is C11H16N2O3S. The Morgan fingerprint density at radius 3 is 2.65 bits per heavy atom. The number of nitrogens with one attached hydrogen (secondary N) is 1. The fraction of sp³-hybridized carbons (Fsp3) is 0.364. The van der Waals surface area contributed by atoms with E-state index in [0.29, 0.717) is 5.69 Å². The quantitative estimate of drug-likeness (QED) is 0.829. The lowest BCUT2D eigenvalue weighted by Crippen LogP contribution is -2.22. The second-order valence-corrected chi connectivity index (χ2v) is 6.17. The maximum atomic E-state index is 11.4. The van der Waals surface area contributed by atoms with Gasteiger partial charge in [0.2, 0.25) is 5.91 Å². The van der Waals surface area contributed by atoms with Crippen molar-refractivity contribution in [3.63, 3.8) is 0 Å². The van der Waals surface area contributed by atoms with Crippen LogP contribution in [0, 0.1) is 0 Å². The molecular weight excluding hydrogens is 240 g/mol. The molecule has 0 heterocycles. The van der Waals surface area contributed by atoms with E-state index in [1.165, 1.54) is 0 Å². The van der Waals surface area contributed by atoms with E-state index < -0.39 is 21.5 Å². The van der Waals surface area contributed by atoms with Gasteiger partial charge in [0.05, 0.1) is 0 Å². The van der Waals surface area contributed by atoms with Gasteiger partial charge >= 0.3 is 0 Å². The number of carbonyl (C=O) groups excluding carboxylic acids is 1. The van der Waals surface area contributed by atoms with Crippen LogP contribution in [-0.2, 0) is 14.6 Å². The van der Waals surface area contributed by atoms with E-state index in [4.69, 9.17) is 5.73 Å². The van der Waals surface area contributed by atoms with E-state index in [1.54, 1.807) is 18.2 Å². The summed E-state index contributed by atoms with van der Waals surface area (Å²) in [6.45, 7) is 1.83. The summed E-state index contributed by atoms with van der Waals surface area (Å²) in [5.74, 6) is -1.07. The molecule has 1 amide bonds. The van der Waals surface area contributed by atoms with E-state index in [2.05, 4.69) is 5.32 Å². The minimum absolute atomic E-state index is 0.137. The van der Waals surface area contributed by atoms with Gasteiger partial charge in [-0.15, -0.1) is 0 Å². The second-order valence-electron chi connectivity index (χ2n) is 4.03. The Bertz CT molecular complexity index is 509. The molecule has 0 bridgehead atoms. The number of anilines is 1. The Balaban J connectivity index is 2.75. The standard InChI is InChI=1S/C11H16N2O3S/c1-8(12)9-4-3-5-10(6-9)13-11(14)7-17(2,15)16/h3-6,8H,7,12H2,1-2H3,(H,13,14). The topological polar surface area (TPSA) is 89.3 Å². The molecule has 1 rings (SSSR count). The van der Waals surface area contributed by atoms with Crippen molar-refractivity contribution < 1.29 is 13.2 Å². The molecule has 0 saturated heterocycles. The summed E-state index contributed by atoms with van der Waals surface area (Å²) in [6, 6.07) is 6.88. The van der Waals surface area contributed by atoms with Crippen LogP contribution in [0.3, 0.4) is 0 Å². The summed E-state index contributed by atoms with van der Waals surface area (Å²) in [5, 5.41) is 2.52. The Kier molecular flexibility index (Phi) is 4.25. The molecule has 0 spiro atoms. The number of nitrogens with two attached hydrogens (primary N) is 1. The molecule has 94 valence electrons. The molecule has 1 unspecified atom stereocenters. The van der Waals surface area contributed by atoms with Crippen molar-refractivity contribution in [1.82, 2.24) is 0 Å². The van der Waals surface area contributed by atoms with Crippen LogP contribution in [0.25, 0.3) is 0 Å². The van der Waals surface area contributed by atoms with Crippen LogP contribution in [-0.4, -0.2) is 26.3 Å². The fourth-order valence-electron chi connectivity index (χ4n) is 1.33. The Morgan fingerprint density at radius 2 is 2.12 bits per heavy atom. The van der Waals surface area contributed by atoms with Gasteiger partial charge in [-0.3, -0.25) is 4.79 Å². The van der Waals surface area contributed by atoms with E-state index in [-0.39, 0.29) is 6.04 Å². The molecule has 0 aliphatic rings. The summed E-state index contributed by atoms with van der Waals surface area (Å²) < 4.78 is 21.9. The van der Waals surface area contributed by atoms with Gasteiger partial charge in [0.15, 0.2) is 9.84 Å². The highest BCUT2D eigenvalue weighted by Crippen LogP contribution is 2.15. The molecule has 0 radical (unpaired) electrons. The Labute approximate surface area is 101 Å². The maximum Gasteiger partial charge on any atom is 0.239 e. The summed E-state index contributed by atoms with van der Waals surface area (Å²) in [5.41, 5.74) is 7.13. The molecule has 1 aromatic rings. The number of sulfone groups is 1. The zero-order valence-corrected chi connectivity index (χ0v) is 10.6. The summed E-state index contributed by atoms with van der Waals surface area (Å²) in [4.78, 5) is 11.4. The Hall–Kier alpha value is -1.40. The van der Waals surface area contributed by atoms with Gasteiger partial charge in [0.1, 0.15) is 5.75 Å². The third-order valence-electron chi connectivity index (χ3n) is 2.09. The minimum atomic E-state index is -3.31. The molecule has 5 nitrogen and oxygen atoms in total. The zero-order chi connectivity index (χ0) is 13.1. The number of rotatable bonds is 4. The summed E-state index contributed by atoms with van der Waals surface area (Å²) >= 11 is 0. The van der Waals surface area contributed by atoms with Crippen molar-refractivity contribution in [1.29, 1.82) is 0 Å². The zero-order valence-electron chi connectivity index (χ0n) is 9.80. The monoisotopic (exact) mass is 256 g/mol. The van der Waals surface area contributed by atoms with Crippen LogP contribution in [0.1, 0.15) is 18.5 Å². The van der Waals surface area contributed by atoms with Crippen LogP contribution in [0.2, 0.25) is 0 Å². The van der Waals surface area contributed by atoms with Gasteiger partial charge in [-0.1, -0.05) is 12.1 Å². The molecule has 0 aliphatic carbocycles. The van der Waals surface area contributed by atoms with Crippen LogP contribution in [0.5, 0.6) is 0 Å². The molecule has 17 heavy (non-hydrogen) atoms. The highest BCUT2D eigenvalue weighted by Gasteiger charge is 2.11. The second kappa shape index (κ2) is 5.29. The highest BCUT2D eigenvalue weighted by molar-refractivity contribution is 7.91. The molecule has 1 aromatic carbocycles. The Morgan fingerprint density at radius 1 is 1.47 bits per heavy atom. The van der Waals surface area contributed by atoms with Gasteiger partial charge < -0.3 is 11.1 Å². The van der Waals surface area contributed by atoms with Gasteiger partial charge in [0, 0.05) is 18.0 Å². The molecule has 0 aromatic heterocycles. The lowest BCUT2D eigenvalue weighted by Gasteiger charge is -2.09. The van der Waals surface area contributed by atoms with E-state index in [9.17, 15) is 13.2 Å². The van der Waals surface area contributed by atoms with Crippen molar-refractivity contribution >= 4 is 21.4 Å². The van der Waals surface area contributed by atoms with Crippen LogP contribution < -0.4 is 11.1 Å². The normalized spacial score (nSPS) is 13.1. The maximum absolute atomic E-state index is 11.4. The van der Waals surface area contributed by atoms with Crippen molar-refractivity contribution in [2.75, 3.05) is 17.3 Å². The number of benzene rings is 1. The van der Waals surface area contributed by atoms with Crippen molar-refractivity contribution in [3.05, 3.63) is 29.8 Å². The van der Waals surface area contributed by atoms with Crippen molar-refractivity contribution in [2.24, 2.45) is 5.73 Å². The van der Waals surface area contributed by atoms with Crippen molar-refractivity contribution in [2.45, 2.75) is 13.0 Å². The third kappa shape index (κ3) is 4.97. The smallest absolute Gasteiger partial charge is 0.239 e. The minimum Gasteiger partial charge on any atom is -0.325 e. The number of hydrogen-bond acceptors (Lipinski definition) is 4. The van der Waals surface area contributed by atoms with Crippen LogP contribution in [0.15, 0.2) is 24.3 Å². The predicted octanol–water partition coefficient (Wildman–Crippen LogP) is 0.689. The van der Waals surface area contributed by atoms with Gasteiger partial charge in [0.25, 0.3) is 0 Å². The first-order valence-corrected chi connectivity index (χ1v) is 7.17. The molecule has 1 atom stereocenters. The molecule has 6 heteroatoms. The van der Waals surface area contributed by atoms with Crippen molar-refractivity contribution in [3.8, 4) is 0 Å². The molecule has 0 saturated carbocycles. The fourth-order valence-corrected chi connectivity index (χ4v) is 1.88. The number of carbonyl (C=O) groups is 1. The first kappa shape index (κ1) is 13.7. The van der Waals surface area contributed by atoms with Gasteiger partial charge in [-0.25, -0.2) is 8.42 Å². The number of hydrogen-bond donors (Lipinski definition) is 2. The lowest BCUT2D eigenvalue weighted by molar-refractivity contribution is -0.113. The SMILES string of the molecule is CC(N)c1cccc(NC(=O)CS(C)(=O)=O)c1. The number of amides is 1. The van der Waals surface area contributed by atoms with Crippen LogP contribution in [0.4, 0.5) is 5.69 Å². The highest BCUT2D eigenvalue weighted by atomic mass is 32.2. The molecule has 0 aliphatic heterocycles. The first-order chi connectivity index (χ1) is 7.78. The first-order valence-electron chi connectivity index (χ1n) is 5.11. The van der Waals surface area contributed by atoms with Gasteiger partial charge in [-0.05, 0) is 24.6 Å². The van der Waals surface area contributed by atoms with E-state index >= 15 is 0 Å². The average molecular weight is 256 g/mol. The lowest BCUT2D eigenvalue weighted by atomic mass is 10.1. The van der Waals surface area contributed by atoms with Gasteiger partial charge in [-0.2, -0.15) is 0 Å². The molecule has 3 N–H and O–H groups in total. The molecule has 0 fully saturated rings. The largest absolute Gasteiger partial charge is 0.325 e. The third-order valence-corrected chi connectivity index (χ3v) is 2.88. The average Bonchev–Trinajstić information content (AvgIpc) is 2.14. The predicted molar refractivity (Wildman–Crippen MR) is 67.4 cm³/mol.